The molecule has 0 saturated heterocycles. The van der Waals surface area contributed by atoms with E-state index in [9.17, 15) is 4.39 Å². The molecule has 0 aliphatic carbocycles. The fourth-order valence-electron chi connectivity index (χ4n) is 1.54. The Morgan fingerprint density at radius 2 is 2.11 bits per heavy atom. The molecule has 0 aliphatic heterocycles. The lowest BCUT2D eigenvalue weighted by Crippen LogP contribution is -2.02. The summed E-state index contributed by atoms with van der Waals surface area (Å²) in [5.74, 6) is -0.0734. The maximum Gasteiger partial charge on any atom is 0.167 e. The van der Waals surface area contributed by atoms with Crippen LogP contribution in [0.1, 0.15) is 16.8 Å². The number of hydrogen-bond acceptors (Lipinski definition) is 3. The van der Waals surface area contributed by atoms with Crippen molar-refractivity contribution < 1.29 is 9.13 Å². The van der Waals surface area contributed by atoms with E-state index < -0.39 is 0 Å². The lowest BCUT2D eigenvalue weighted by atomic mass is 10.2. The molecule has 2 aromatic rings. The van der Waals surface area contributed by atoms with Crippen LogP contribution in [0.4, 0.5) is 4.39 Å². The second kappa shape index (κ2) is 5.60. The molecule has 0 spiro atoms. The van der Waals surface area contributed by atoms with Gasteiger partial charge in [0.25, 0.3) is 0 Å². The normalized spacial score (nSPS) is 10.4. The summed E-state index contributed by atoms with van der Waals surface area (Å²) in [5, 5.41) is 0. The van der Waals surface area contributed by atoms with Crippen molar-refractivity contribution in [2.45, 2.75) is 20.1 Å². The highest BCUT2D eigenvalue weighted by Gasteiger charge is 2.06. The zero-order valence-electron chi connectivity index (χ0n) is 10.2. The van der Waals surface area contributed by atoms with Gasteiger partial charge in [-0.15, -0.1) is 0 Å². The fraction of sp³-hybridized carbons (Fsp3) is 0.214. The molecule has 0 fully saturated rings. The average molecular weight is 246 g/mol. The van der Waals surface area contributed by atoms with Crippen LogP contribution in [0.5, 0.6) is 5.75 Å². The lowest BCUT2D eigenvalue weighted by Gasteiger charge is -2.08. The number of aryl methyl sites for hydroxylation is 1. The van der Waals surface area contributed by atoms with Gasteiger partial charge in [0.1, 0.15) is 6.61 Å². The minimum atomic E-state index is -0.323. The van der Waals surface area contributed by atoms with Crippen LogP contribution in [-0.4, -0.2) is 4.98 Å². The summed E-state index contributed by atoms with van der Waals surface area (Å²) in [6.07, 6.45) is 1.70. The van der Waals surface area contributed by atoms with Crippen molar-refractivity contribution >= 4 is 0 Å². The Balaban J connectivity index is 2.04. The van der Waals surface area contributed by atoms with Crippen LogP contribution in [0.2, 0.25) is 0 Å². The smallest absolute Gasteiger partial charge is 0.167 e. The van der Waals surface area contributed by atoms with E-state index >= 15 is 0 Å². The van der Waals surface area contributed by atoms with E-state index in [2.05, 4.69) is 4.98 Å². The molecular weight excluding hydrogens is 231 g/mol. The first-order valence-electron chi connectivity index (χ1n) is 5.72. The molecule has 0 radical (unpaired) electrons. The molecular formula is C14H15FN2O. The van der Waals surface area contributed by atoms with Gasteiger partial charge in [-0.2, -0.15) is 0 Å². The maximum atomic E-state index is 13.7. The van der Waals surface area contributed by atoms with Gasteiger partial charge in [0.2, 0.25) is 0 Å². The van der Waals surface area contributed by atoms with Gasteiger partial charge in [0, 0.05) is 12.7 Å². The first-order valence-corrected chi connectivity index (χ1v) is 5.72. The Morgan fingerprint density at radius 3 is 2.78 bits per heavy atom. The van der Waals surface area contributed by atoms with Gasteiger partial charge in [0.15, 0.2) is 11.6 Å². The van der Waals surface area contributed by atoms with Crippen molar-refractivity contribution in [2.75, 3.05) is 0 Å². The van der Waals surface area contributed by atoms with Gasteiger partial charge >= 0.3 is 0 Å². The van der Waals surface area contributed by atoms with Crippen LogP contribution >= 0.6 is 0 Å². The molecule has 4 heteroatoms. The van der Waals surface area contributed by atoms with Crippen LogP contribution in [0.3, 0.4) is 0 Å². The summed E-state index contributed by atoms with van der Waals surface area (Å²) in [6, 6.07) is 8.79. The van der Waals surface area contributed by atoms with E-state index in [-0.39, 0.29) is 18.2 Å². The van der Waals surface area contributed by atoms with Gasteiger partial charge in [0.05, 0.1) is 5.69 Å². The summed E-state index contributed by atoms with van der Waals surface area (Å²) < 4.78 is 19.1. The van der Waals surface area contributed by atoms with Gasteiger partial charge in [-0.05, 0) is 30.2 Å². The van der Waals surface area contributed by atoms with E-state index in [1.54, 1.807) is 31.3 Å². The first kappa shape index (κ1) is 12.5. The molecule has 94 valence electrons. The molecule has 2 N–H and O–H groups in total. The van der Waals surface area contributed by atoms with E-state index in [0.717, 1.165) is 11.3 Å². The first-order chi connectivity index (χ1) is 8.70. The fourth-order valence-corrected chi connectivity index (χ4v) is 1.54. The predicted molar refractivity (Wildman–Crippen MR) is 67.6 cm³/mol. The monoisotopic (exact) mass is 246 g/mol. The summed E-state index contributed by atoms with van der Waals surface area (Å²) >= 11 is 0. The zero-order chi connectivity index (χ0) is 13.0. The van der Waals surface area contributed by atoms with Crippen LogP contribution in [0, 0.1) is 12.7 Å². The summed E-state index contributed by atoms with van der Waals surface area (Å²) in [7, 11) is 0. The summed E-state index contributed by atoms with van der Waals surface area (Å²) in [6.45, 7) is 2.41. The highest BCUT2D eigenvalue weighted by Crippen LogP contribution is 2.20. The van der Waals surface area contributed by atoms with Gasteiger partial charge < -0.3 is 10.5 Å². The van der Waals surface area contributed by atoms with Crippen molar-refractivity contribution in [3.05, 3.63) is 59.2 Å². The Labute approximate surface area is 105 Å². The van der Waals surface area contributed by atoms with Crippen molar-refractivity contribution in [3.8, 4) is 5.75 Å². The minimum absolute atomic E-state index is 0.241. The molecule has 0 bridgehead atoms. The highest BCUT2D eigenvalue weighted by atomic mass is 19.1. The van der Waals surface area contributed by atoms with Crippen LogP contribution in [-0.2, 0) is 13.2 Å². The van der Waals surface area contributed by atoms with Crippen LogP contribution in [0.15, 0.2) is 36.5 Å². The molecule has 2 rings (SSSR count). The van der Waals surface area contributed by atoms with Crippen molar-refractivity contribution in [1.82, 2.24) is 4.98 Å². The molecule has 1 heterocycles. The van der Waals surface area contributed by atoms with Gasteiger partial charge in [-0.1, -0.05) is 18.2 Å². The molecule has 0 saturated carbocycles. The molecule has 0 amide bonds. The number of hydrogen-bond donors (Lipinski definition) is 1. The summed E-state index contributed by atoms with van der Waals surface area (Å²) in [4.78, 5) is 4.19. The number of aromatic nitrogens is 1. The quantitative estimate of drug-likeness (QED) is 0.902. The third-order valence-corrected chi connectivity index (χ3v) is 2.65. The molecule has 0 atom stereocenters. The zero-order valence-corrected chi connectivity index (χ0v) is 10.2. The van der Waals surface area contributed by atoms with E-state index in [0.29, 0.717) is 12.1 Å². The van der Waals surface area contributed by atoms with Crippen molar-refractivity contribution in [3.63, 3.8) is 0 Å². The second-order valence-corrected chi connectivity index (χ2v) is 4.04. The Bertz CT molecular complexity index is 526. The van der Waals surface area contributed by atoms with Crippen LogP contribution < -0.4 is 10.5 Å². The lowest BCUT2D eigenvalue weighted by molar-refractivity contribution is 0.285. The van der Waals surface area contributed by atoms with Gasteiger partial charge in [-0.3, -0.25) is 4.98 Å². The number of nitrogens with two attached hydrogens (primary N) is 1. The topological polar surface area (TPSA) is 48.1 Å². The highest BCUT2D eigenvalue weighted by molar-refractivity contribution is 5.30. The third kappa shape index (κ3) is 2.84. The molecule has 1 aromatic carbocycles. The number of benzene rings is 1. The third-order valence-electron chi connectivity index (χ3n) is 2.65. The molecule has 1 aromatic heterocycles. The molecule has 3 nitrogen and oxygen atoms in total. The Hall–Kier alpha value is -1.94. The molecule has 0 unspecified atom stereocenters. The maximum absolute atomic E-state index is 13.7. The number of pyridine rings is 1. The second-order valence-electron chi connectivity index (χ2n) is 4.04. The average Bonchev–Trinajstić information content (AvgIpc) is 2.41. The number of nitrogens with zero attached hydrogens (tertiary/aromatic N) is 1. The Kier molecular flexibility index (Phi) is 3.89. The van der Waals surface area contributed by atoms with Crippen molar-refractivity contribution in [1.29, 1.82) is 0 Å². The number of halogens is 1. The molecule has 0 aliphatic rings. The number of rotatable bonds is 4. The standard InChI is InChI=1S/C14H15FN2O/c1-10-3-2-4-13(14(10)15)18-9-12-6-5-11(7-16)8-17-12/h2-6,8H,7,9,16H2,1H3. The predicted octanol–water partition coefficient (Wildman–Crippen LogP) is 2.57. The summed E-state index contributed by atoms with van der Waals surface area (Å²) in [5.41, 5.74) is 7.75. The SMILES string of the molecule is Cc1cccc(OCc2ccc(CN)cn2)c1F. The molecule has 18 heavy (non-hydrogen) atoms. The van der Waals surface area contributed by atoms with E-state index in [1.165, 1.54) is 0 Å². The Morgan fingerprint density at radius 1 is 1.28 bits per heavy atom. The van der Waals surface area contributed by atoms with Crippen molar-refractivity contribution in [2.24, 2.45) is 5.73 Å². The van der Waals surface area contributed by atoms with Gasteiger partial charge in [-0.25, -0.2) is 4.39 Å². The van der Waals surface area contributed by atoms with E-state index in [4.69, 9.17) is 10.5 Å². The van der Waals surface area contributed by atoms with E-state index in [1.807, 2.05) is 12.1 Å². The van der Waals surface area contributed by atoms with Crippen LogP contribution in [0.25, 0.3) is 0 Å². The largest absolute Gasteiger partial charge is 0.484 e. The minimum Gasteiger partial charge on any atom is -0.484 e. The number of ether oxygens (including phenoxy) is 1.